The molecule has 166 valence electrons. The van der Waals surface area contributed by atoms with Crippen molar-refractivity contribution in [1.29, 1.82) is 0 Å². The minimum Gasteiger partial charge on any atom is -0.342 e. The van der Waals surface area contributed by atoms with Gasteiger partial charge >= 0.3 is 5.69 Å². The number of hydrogen-bond donors (Lipinski definition) is 1. The van der Waals surface area contributed by atoms with Gasteiger partial charge in [-0.25, -0.2) is 18.7 Å². The van der Waals surface area contributed by atoms with Crippen molar-refractivity contribution >= 4 is 17.5 Å². The Morgan fingerprint density at radius 1 is 1.09 bits per heavy atom. The number of hydrogen-bond acceptors (Lipinski definition) is 3. The first-order chi connectivity index (χ1) is 15.4. The summed E-state index contributed by atoms with van der Waals surface area (Å²) in [5, 5.41) is 6.62. The zero-order valence-corrected chi connectivity index (χ0v) is 17.9. The molecule has 1 aliphatic carbocycles. The van der Waals surface area contributed by atoms with Crippen LogP contribution in [0.2, 0.25) is 5.02 Å². The highest BCUT2D eigenvalue weighted by molar-refractivity contribution is 6.30. The van der Waals surface area contributed by atoms with Crippen LogP contribution in [0, 0.1) is 23.5 Å². The minimum atomic E-state index is -0.744. The maximum Gasteiger partial charge on any atom is 0.343 e. The van der Waals surface area contributed by atoms with E-state index in [1.807, 2.05) is 4.90 Å². The van der Waals surface area contributed by atoms with Crippen LogP contribution in [-0.4, -0.2) is 38.7 Å². The lowest BCUT2D eigenvalue weighted by molar-refractivity contribution is -0.131. The monoisotopic (exact) mass is 458 g/mol. The van der Waals surface area contributed by atoms with E-state index < -0.39 is 11.6 Å². The van der Waals surface area contributed by atoms with Crippen molar-refractivity contribution in [3.63, 3.8) is 0 Å². The molecule has 2 aromatic carbocycles. The van der Waals surface area contributed by atoms with Crippen LogP contribution in [0.15, 0.2) is 41.2 Å². The Balaban J connectivity index is 1.36. The van der Waals surface area contributed by atoms with E-state index in [9.17, 15) is 18.4 Å². The van der Waals surface area contributed by atoms with Crippen LogP contribution < -0.4 is 5.69 Å². The molecule has 1 amide bonds. The van der Waals surface area contributed by atoms with Gasteiger partial charge in [0.1, 0.15) is 11.6 Å². The number of aromatic nitrogens is 3. The summed E-state index contributed by atoms with van der Waals surface area (Å²) >= 11 is 5.70. The van der Waals surface area contributed by atoms with E-state index in [4.69, 9.17) is 11.6 Å². The maximum atomic E-state index is 14.2. The van der Waals surface area contributed by atoms with E-state index in [0.29, 0.717) is 30.0 Å². The first-order valence-electron chi connectivity index (χ1n) is 10.6. The number of likely N-dealkylation sites (tertiary alicyclic amines) is 1. The molecule has 1 aliphatic heterocycles. The van der Waals surface area contributed by atoms with Crippen LogP contribution in [0.25, 0.3) is 22.5 Å². The van der Waals surface area contributed by atoms with Crippen molar-refractivity contribution in [1.82, 2.24) is 19.7 Å². The molecule has 2 aliphatic rings. The summed E-state index contributed by atoms with van der Waals surface area (Å²) in [7, 11) is 0. The second-order valence-corrected chi connectivity index (χ2v) is 8.93. The predicted molar refractivity (Wildman–Crippen MR) is 116 cm³/mol. The molecular weight excluding hydrogens is 438 g/mol. The molecule has 1 atom stereocenters. The SMILES string of the molecule is O=C(C1CC1)N1CC[C@@H](Cn2c(-c3ccc(-c4c(F)cc(Cl)cc4F)cc3)n[nH]c2=O)C1. The summed E-state index contributed by atoms with van der Waals surface area (Å²) in [4.78, 5) is 26.6. The van der Waals surface area contributed by atoms with Gasteiger partial charge in [0.2, 0.25) is 5.91 Å². The molecule has 6 nitrogen and oxygen atoms in total. The zero-order chi connectivity index (χ0) is 22.4. The highest BCUT2D eigenvalue weighted by atomic mass is 35.5. The smallest absolute Gasteiger partial charge is 0.342 e. The van der Waals surface area contributed by atoms with E-state index in [2.05, 4.69) is 10.2 Å². The first-order valence-corrected chi connectivity index (χ1v) is 11.0. The molecule has 2 fully saturated rings. The lowest BCUT2D eigenvalue weighted by Gasteiger charge is -2.16. The van der Waals surface area contributed by atoms with Crippen LogP contribution in [0.1, 0.15) is 19.3 Å². The Hall–Kier alpha value is -3.00. The fraction of sp³-hybridized carbons (Fsp3) is 0.348. The van der Waals surface area contributed by atoms with Crippen LogP contribution in [0.5, 0.6) is 0 Å². The Kier molecular flexibility index (Phi) is 5.33. The second kappa shape index (κ2) is 8.16. The van der Waals surface area contributed by atoms with Crippen molar-refractivity contribution in [2.24, 2.45) is 11.8 Å². The first kappa shape index (κ1) is 20.9. The van der Waals surface area contributed by atoms with Crippen molar-refractivity contribution < 1.29 is 13.6 Å². The minimum absolute atomic E-state index is 0.00906. The Morgan fingerprint density at radius 3 is 2.41 bits per heavy atom. The number of H-pyrrole nitrogens is 1. The topological polar surface area (TPSA) is 71.0 Å². The molecule has 1 aromatic heterocycles. The zero-order valence-electron chi connectivity index (χ0n) is 17.2. The number of benzene rings is 2. The highest BCUT2D eigenvalue weighted by Gasteiger charge is 2.36. The van der Waals surface area contributed by atoms with Crippen molar-refractivity contribution in [3.8, 4) is 22.5 Å². The van der Waals surface area contributed by atoms with E-state index in [-0.39, 0.29) is 34.0 Å². The molecule has 1 saturated carbocycles. The van der Waals surface area contributed by atoms with Gasteiger partial charge in [0.05, 0.1) is 5.56 Å². The number of carbonyl (C=O) groups is 1. The predicted octanol–water partition coefficient (Wildman–Crippen LogP) is 4.10. The van der Waals surface area contributed by atoms with Crippen LogP contribution in [0.4, 0.5) is 8.78 Å². The third-order valence-corrected chi connectivity index (χ3v) is 6.38. The average molecular weight is 459 g/mol. The van der Waals surface area contributed by atoms with Gasteiger partial charge < -0.3 is 4.90 Å². The summed E-state index contributed by atoms with van der Waals surface area (Å²) in [6, 6.07) is 8.65. The standard InChI is InChI=1S/C23H21ClF2N4O2/c24-17-9-18(25)20(19(26)10-17)14-1-3-15(4-2-14)21-27-28-23(32)30(21)12-13-7-8-29(11-13)22(31)16-5-6-16/h1-4,9-10,13,16H,5-8,11-12H2,(H,28,32)/t13-/m1/s1. The second-order valence-electron chi connectivity index (χ2n) is 8.50. The molecule has 32 heavy (non-hydrogen) atoms. The molecule has 0 radical (unpaired) electrons. The molecule has 1 N–H and O–H groups in total. The third kappa shape index (κ3) is 3.95. The quantitative estimate of drug-likeness (QED) is 0.626. The normalized spacial score (nSPS) is 18.3. The molecule has 5 rings (SSSR count). The molecule has 1 saturated heterocycles. The summed E-state index contributed by atoms with van der Waals surface area (Å²) in [5.41, 5.74) is 0.512. The summed E-state index contributed by atoms with van der Waals surface area (Å²) in [6.45, 7) is 1.80. The Morgan fingerprint density at radius 2 is 1.75 bits per heavy atom. The lowest BCUT2D eigenvalue weighted by Crippen LogP contribution is -2.31. The van der Waals surface area contributed by atoms with Gasteiger partial charge in [-0.3, -0.25) is 9.36 Å². The molecule has 0 spiro atoms. The van der Waals surface area contributed by atoms with Gasteiger partial charge in [0.15, 0.2) is 5.82 Å². The molecule has 3 aromatic rings. The molecule has 0 bridgehead atoms. The van der Waals surface area contributed by atoms with Gasteiger partial charge in [-0.1, -0.05) is 35.9 Å². The number of nitrogens with zero attached hydrogens (tertiary/aromatic N) is 3. The Labute approximate surface area is 187 Å². The lowest BCUT2D eigenvalue weighted by atomic mass is 10.0. The van der Waals surface area contributed by atoms with E-state index in [0.717, 1.165) is 37.9 Å². The van der Waals surface area contributed by atoms with Crippen molar-refractivity contribution in [2.45, 2.75) is 25.8 Å². The van der Waals surface area contributed by atoms with Crippen LogP contribution in [0.3, 0.4) is 0 Å². The maximum absolute atomic E-state index is 14.2. The number of halogens is 3. The van der Waals surface area contributed by atoms with E-state index >= 15 is 0 Å². The van der Waals surface area contributed by atoms with E-state index in [1.54, 1.807) is 28.8 Å². The Bertz CT molecular complexity index is 1210. The number of amides is 1. The van der Waals surface area contributed by atoms with Gasteiger partial charge in [-0.15, -0.1) is 0 Å². The summed E-state index contributed by atoms with van der Waals surface area (Å²) < 4.78 is 30.0. The molecule has 2 heterocycles. The average Bonchev–Trinajstić information content (AvgIpc) is 3.40. The van der Waals surface area contributed by atoms with Gasteiger partial charge in [0.25, 0.3) is 0 Å². The molecule has 9 heteroatoms. The van der Waals surface area contributed by atoms with Gasteiger partial charge in [-0.2, -0.15) is 5.10 Å². The third-order valence-electron chi connectivity index (χ3n) is 6.16. The number of carbonyl (C=O) groups excluding carboxylic acids is 1. The van der Waals surface area contributed by atoms with Crippen molar-refractivity contribution in [2.75, 3.05) is 13.1 Å². The highest BCUT2D eigenvalue weighted by Crippen LogP contribution is 2.33. The number of nitrogens with one attached hydrogen (secondary N) is 1. The van der Waals surface area contributed by atoms with Crippen LogP contribution >= 0.6 is 11.6 Å². The van der Waals surface area contributed by atoms with Gasteiger partial charge in [-0.05, 0) is 42.9 Å². The van der Waals surface area contributed by atoms with Crippen LogP contribution in [-0.2, 0) is 11.3 Å². The van der Waals surface area contributed by atoms with E-state index in [1.165, 1.54) is 0 Å². The fourth-order valence-corrected chi connectivity index (χ4v) is 4.53. The van der Waals surface area contributed by atoms with Crippen molar-refractivity contribution in [3.05, 3.63) is 63.5 Å². The molecule has 0 unspecified atom stereocenters. The molecular formula is C23H21ClF2N4O2. The largest absolute Gasteiger partial charge is 0.343 e. The summed E-state index contributed by atoms with van der Waals surface area (Å²) in [6.07, 6.45) is 2.79. The summed E-state index contributed by atoms with van der Waals surface area (Å²) in [5.74, 6) is -0.454. The number of aromatic amines is 1. The van der Waals surface area contributed by atoms with Gasteiger partial charge in [0, 0.05) is 36.1 Å². The number of rotatable bonds is 5. The fourth-order valence-electron chi connectivity index (χ4n) is 4.34.